The van der Waals surface area contributed by atoms with E-state index in [1.807, 2.05) is 13.0 Å². The van der Waals surface area contributed by atoms with Crippen LogP contribution in [0.5, 0.6) is 0 Å². The normalized spacial score (nSPS) is 22.8. The summed E-state index contributed by atoms with van der Waals surface area (Å²) in [5.41, 5.74) is 2.32. The van der Waals surface area contributed by atoms with Crippen LogP contribution in [-0.2, 0) is 4.74 Å². The van der Waals surface area contributed by atoms with E-state index in [0.29, 0.717) is 23.6 Å². The van der Waals surface area contributed by atoms with Crippen LogP contribution in [-0.4, -0.2) is 29.8 Å². The lowest BCUT2D eigenvalue weighted by atomic mass is 9.95. The van der Waals surface area contributed by atoms with Gasteiger partial charge in [-0.2, -0.15) is 0 Å². The zero-order chi connectivity index (χ0) is 14.7. The van der Waals surface area contributed by atoms with Gasteiger partial charge >= 0.3 is 5.97 Å². The predicted molar refractivity (Wildman–Crippen MR) is 79.4 cm³/mol. The number of carbonyl (C=O) groups is 1. The minimum Gasteiger partial charge on any atom is -0.478 e. The number of benzene rings is 1. The SMILES string of the molecule is Cc1cc(C(=O)O)ccc1NC1CCOC(C(C)C)C1. The van der Waals surface area contributed by atoms with E-state index in [1.54, 1.807) is 12.1 Å². The van der Waals surface area contributed by atoms with Crippen molar-refractivity contribution in [2.24, 2.45) is 5.92 Å². The van der Waals surface area contributed by atoms with E-state index in [9.17, 15) is 4.79 Å². The van der Waals surface area contributed by atoms with Crippen LogP contribution in [0.4, 0.5) is 5.69 Å². The topological polar surface area (TPSA) is 58.6 Å². The molecule has 0 radical (unpaired) electrons. The maximum Gasteiger partial charge on any atom is 0.335 e. The van der Waals surface area contributed by atoms with Crippen LogP contribution in [0.2, 0.25) is 0 Å². The number of rotatable bonds is 4. The van der Waals surface area contributed by atoms with Crippen molar-refractivity contribution in [2.75, 3.05) is 11.9 Å². The molecule has 0 spiro atoms. The summed E-state index contributed by atoms with van der Waals surface area (Å²) in [6, 6.07) is 5.62. The van der Waals surface area contributed by atoms with Gasteiger partial charge in [-0.1, -0.05) is 13.8 Å². The van der Waals surface area contributed by atoms with Gasteiger partial charge in [0.2, 0.25) is 0 Å². The second kappa shape index (κ2) is 6.27. The van der Waals surface area contributed by atoms with Crippen molar-refractivity contribution in [1.82, 2.24) is 0 Å². The third kappa shape index (κ3) is 3.51. The smallest absolute Gasteiger partial charge is 0.335 e. The fourth-order valence-electron chi connectivity index (χ4n) is 2.60. The van der Waals surface area contributed by atoms with Gasteiger partial charge < -0.3 is 15.2 Å². The Balaban J connectivity index is 2.04. The summed E-state index contributed by atoms with van der Waals surface area (Å²) in [6.07, 6.45) is 2.29. The lowest BCUT2D eigenvalue weighted by Crippen LogP contribution is -2.36. The van der Waals surface area contributed by atoms with Crippen LogP contribution in [0.25, 0.3) is 0 Å². The number of aromatic carboxylic acids is 1. The minimum atomic E-state index is -0.884. The lowest BCUT2D eigenvalue weighted by Gasteiger charge is -2.33. The van der Waals surface area contributed by atoms with Crippen molar-refractivity contribution in [3.63, 3.8) is 0 Å². The van der Waals surface area contributed by atoms with Crippen LogP contribution in [0, 0.1) is 12.8 Å². The van der Waals surface area contributed by atoms with Gasteiger partial charge in [0.25, 0.3) is 0 Å². The van der Waals surface area contributed by atoms with Crippen LogP contribution in [0.15, 0.2) is 18.2 Å². The molecule has 2 N–H and O–H groups in total. The lowest BCUT2D eigenvalue weighted by molar-refractivity contribution is -0.0160. The largest absolute Gasteiger partial charge is 0.478 e. The Morgan fingerprint density at radius 2 is 2.20 bits per heavy atom. The molecule has 4 nitrogen and oxygen atoms in total. The van der Waals surface area contributed by atoms with Crippen molar-refractivity contribution in [2.45, 2.75) is 45.8 Å². The molecule has 1 fully saturated rings. The van der Waals surface area contributed by atoms with E-state index in [0.717, 1.165) is 30.7 Å². The van der Waals surface area contributed by atoms with Crippen molar-refractivity contribution >= 4 is 11.7 Å². The fourth-order valence-corrected chi connectivity index (χ4v) is 2.60. The molecule has 0 aromatic heterocycles. The highest BCUT2D eigenvalue weighted by Crippen LogP contribution is 2.25. The second-order valence-corrected chi connectivity index (χ2v) is 5.85. The third-order valence-electron chi connectivity index (χ3n) is 3.89. The van der Waals surface area contributed by atoms with E-state index in [1.165, 1.54) is 0 Å². The number of nitrogens with one attached hydrogen (secondary N) is 1. The highest BCUT2D eigenvalue weighted by atomic mass is 16.5. The Morgan fingerprint density at radius 3 is 2.80 bits per heavy atom. The maximum atomic E-state index is 10.9. The molecule has 1 heterocycles. The quantitative estimate of drug-likeness (QED) is 0.886. The molecule has 1 aromatic carbocycles. The van der Waals surface area contributed by atoms with E-state index < -0.39 is 5.97 Å². The Morgan fingerprint density at radius 1 is 1.45 bits per heavy atom. The van der Waals surface area contributed by atoms with E-state index >= 15 is 0 Å². The number of carboxylic acids is 1. The summed E-state index contributed by atoms with van der Waals surface area (Å²) < 4.78 is 5.77. The highest BCUT2D eigenvalue weighted by molar-refractivity contribution is 5.88. The van der Waals surface area contributed by atoms with Crippen molar-refractivity contribution in [1.29, 1.82) is 0 Å². The average Bonchev–Trinajstić information content (AvgIpc) is 2.41. The number of ether oxygens (including phenoxy) is 1. The summed E-state index contributed by atoms with van der Waals surface area (Å²) in [4.78, 5) is 10.9. The van der Waals surface area contributed by atoms with Gasteiger partial charge in [-0.05, 0) is 49.4 Å². The Kier molecular flexibility index (Phi) is 4.65. The zero-order valence-electron chi connectivity index (χ0n) is 12.3. The van der Waals surface area contributed by atoms with Gasteiger partial charge in [0.15, 0.2) is 0 Å². The van der Waals surface area contributed by atoms with E-state index in [4.69, 9.17) is 9.84 Å². The summed E-state index contributed by atoms with van der Waals surface area (Å²) in [5.74, 6) is -0.360. The van der Waals surface area contributed by atoms with E-state index in [-0.39, 0.29) is 0 Å². The fraction of sp³-hybridized carbons (Fsp3) is 0.562. The van der Waals surface area contributed by atoms with Gasteiger partial charge in [-0.25, -0.2) is 4.79 Å². The molecule has 0 aliphatic carbocycles. The molecule has 0 saturated carbocycles. The molecule has 1 aliphatic heterocycles. The monoisotopic (exact) mass is 277 g/mol. The van der Waals surface area contributed by atoms with Crippen LogP contribution in [0.1, 0.15) is 42.6 Å². The van der Waals surface area contributed by atoms with Gasteiger partial charge in [0.1, 0.15) is 0 Å². The standard InChI is InChI=1S/C16H23NO3/c1-10(2)15-9-13(6-7-20-15)17-14-5-4-12(16(18)19)8-11(14)3/h4-5,8,10,13,15,17H,6-7,9H2,1-3H3,(H,18,19). The number of hydrogen-bond donors (Lipinski definition) is 2. The van der Waals surface area contributed by atoms with Gasteiger partial charge in [-0.15, -0.1) is 0 Å². The van der Waals surface area contributed by atoms with E-state index in [2.05, 4.69) is 19.2 Å². The summed E-state index contributed by atoms with van der Waals surface area (Å²) in [6.45, 7) is 7.08. The molecule has 2 rings (SSSR count). The Hall–Kier alpha value is -1.55. The number of anilines is 1. The van der Waals surface area contributed by atoms with Crippen LogP contribution < -0.4 is 5.32 Å². The van der Waals surface area contributed by atoms with Gasteiger partial charge in [0, 0.05) is 18.3 Å². The molecular formula is C16H23NO3. The Bertz CT molecular complexity index is 485. The first-order chi connectivity index (χ1) is 9.47. The molecule has 2 atom stereocenters. The second-order valence-electron chi connectivity index (χ2n) is 5.85. The van der Waals surface area contributed by atoms with Gasteiger partial charge in [0.05, 0.1) is 11.7 Å². The third-order valence-corrected chi connectivity index (χ3v) is 3.89. The first kappa shape index (κ1) is 14.9. The summed E-state index contributed by atoms with van der Waals surface area (Å²) >= 11 is 0. The molecule has 0 bridgehead atoms. The number of aryl methyl sites for hydroxylation is 1. The number of hydrogen-bond acceptors (Lipinski definition) is 3. The molecule has 2 unspecified atom stereocenters. The van der Waals surface area contributed by atoms with Crippen LogP contribution in [0.3, 0.4) is 0 Å². The first-order valence-corrected chi connectivity index (χ1v) is 7.19. The molecule has 1 aliphatic rings. The van der Waals surface area contributed by atoms with Crippen molar-refractivity contribution in [3.05, 3.63) is 29.3 Å². The highest BCUT2D eigenvalue weighted by Gasteiger charge is 2.25. The molecular weight excluding hydrogens is 254 g/mol. The maximum absolute atomic E-state index is 10.9. The Labute approximate surface area is 120 Å². The molecule has 20 heavy (non-hydrogen) atoms. The zero-order valence-corrected chi connectivity index (χ0v) is 12.3. The predicted octanol–water partition coefficient (Wildman–Crippen LogP) is 3.31. The van der Waals surface area contributed by atoms with Gasteiger partial charge in [-0.3, -0.25) is 0 Å². The summed E-state index contributed by atoms with van der Waals surface area (Å²) in [7, 11) is 0. The molecule has 0 amide bonds. The van der Waals surface area contributed by atoms with Crippen molar-refractivity contribution < 1.29 is 14.6 Å². The average molecular weight is 277 g/mol. The van der Waals surface area contributed by atoms with Crippen LogP contribution >= 0.6 is 0 Å². The molecule has 1 saturated heterocycles. The molecule has 110 valence electrons. The number of carboxylic acid groups (broad SMARTS) is 1. The first-order valence-electron chi connectivity index (χ1n) is 7.19. The minimum absolute atomic E-state index is 0.305. The molecule has 1 aromatic rings. The summed E-state index contributed by atoms with van der Waals surface area (Å²) in [5, 5.41) is 12.5. The van der Waals surface area contributed by atoms with Crippen molar-refractivity contribution in [3.8, 4) is 0 Å². The molecule has 4 heteroatoms.